The summed E-state index contributed by atoms with van der Waals surface area (Å²) in [6, 6.07) is 19.8. The molecule has 0 saturated carbocycles. The number of ether oxygens (including phenoxy) is 2. The van der Waals surface area contributed by atoms with Gasteiger partial charge in [-0.25, -0.2) is 0 Å². The van der Waals surface area contributed by atoms with Gasteiger partial charge in [-0.2, -0.15) is 0 Å². The number of phenols is 1. The van der Waals surface area contributed by atoms with Gasteiger partial charge < -0.3 is 14.6 Å². The fraction of sp³-hybridized carbons (Fsp3) is 0.217. The normalized spacial score (nSPS) is 14.9. The summed E-state index contributed by atoms with van der Waals surface area (Å²) >= 11 is 0. The summed E-state index contributed by atoms with van der Waals surface area (Å²) in [5, 5.41) is 9.91. The van der Waals surface area contributed by atoms with Crippen LogP contribution in [0.25, 0.3) is 0 Å². The Morgan fingerprint density at radius 3 is 2.42 bits per heavy atom. The van der Waals surface area contributed by atoms with Crippen LogP contribution >= 0.6 is 0 Å². The summed E-state index contributed by atoms with van der Waals surface area (Å²) in [4.78, 5) is 0. The Morgan fingerprint density at radius 1 is 0.923 bits per heavy atom. The van der Waals surface area contributed by atoms with E-state index >= 15 is 0 Å². The van der Waals surface area contributed by atoms with Crippen molar-refractivity contribution in [2.24, 2.45) is 0 Å². The van der Waals surface area contributed by atoms with Crippen LogP contribution < -0.4 is 9.47 Å². The van der Waals surface area contributed by atoms with Gasteiger partial charge in [-0.3, -0.25) is 0 Å². The van der Waals surface area contributed by atoms with E-state index in [-0.39, 0.29) is 11.7 Å². The molecule has 0 saturated heterocycles. The Morgan fingerprint density at radius 2 is 1.65 bits per heavy atom. The first-order chi connectivity index (χ1) is 12.7. The average Bonchev–Trinajstić information content (AvgIpc) is 2.65. The molecule has 3 heteroatoms. The van der Waals surface area contributed by atoms with Gasteiger partial charge in [0.2, 0.25) is 0 Å². The maximum Gasteiger partial charge on any atom is 0.135 e. The van der Waals surface area contributed by atoms with Crippen molar-refractivity contribution in [2.45, 2.75) is 26.2 Å². The van der Waals surface area contributed by atoms with E-state index in [0.29, 0.717) is 12.4 Å². The minimum atomic E-state index is 0.0655. The highest BCUT2D eigenvalue weighted by atomic mass is 16.5. The molecule has 26 heavy (non-hydrogen) atoms. The molecule has 0 aromatic heterocycles. The summed E-state index contributed by atoms with van der Waals surface area (Å²) in [5.41, 5.74) is 4.65. The predicted octanol–water partition coefficient (Wildman–Crippen LogP) is 5.78. The summed E-state index contributed by atoms with van der Waals surface area (Å²) in [6.45, 7) is 4.89. The molecular weight excluding hydrogens is 324 g/mol. The Bertz CT molecular complexity index is 946. The molecule has 0 amide bonds. The monoisotopic (exact) mass is 346 g/mol. The van der Waals surface area contributed by atoms with Crippen molar-refractivity contribution in [1.29, 1.82) is 0 Å². The first-order valence-electron chi connectivity index (χ1n) is 9.00. The highest BCUT2D eigenvalue weighted by Crippen LogP contribution is 2.49. The van der Waals surface area contributed by atoms with Crippen LogP contribution in [0.2, 0.25) is 0 Å². The molecule has 0 bridgehead atoms. The number of hydrogen-bond acceptors (Lipinski definition) is 3. The van der Waals surface area contributed by atoms with Crippen LogP contribution in [0.5, 0.6) is 23.0 Å². The van der Waals surface area contributed by atoms with Crippen LogP contribution in [0.15, 0.2) is 60.7 Å². The van der Waals surface area contributed by atoms with Gasteiger partial charge in [0.25, 0.3) is 0 Å². The van der Waals surface area contributed by atoms with Crippen LogP contribution in [0, 0.1) is 6.92 Å². The molecule has 3 aromatic carbocycles. The maximum atomic E-state index is 9.91. The molecule has 4 rings (SSSR count). The van der Waals surface area contributed by atoms with E-state index in [0.717, 1.165) is 29.0 Å². The Labute approximate surface area is 153 Å². The topological polar surface area (TPSA) is 38.7 Å². The molecule has 0 aliphatic carbocycles. The van der Waals surface area contributed by atoms with Gasteiger partial charge in [0.1, 0.15) is 23.0 Å². The van der Waals surface area contributed by atoms with Crippen molar-refractivity contribution in [1.82, 2.24) is 0 Å². The SMILES string of the molecule is CCCOc1ccc2c(c1)Oc1cc(O)ccc1C2c1ccccc1C. The minimum Gasteiger partial charge on any atom is -0.508 e. The van der Waals surface area contributed by atoms with E-state index in [9.17, 15) is 5.11 Å². The van der Waals surface area contributed by atoms with Gasteiger partial charge in [-0.15, -0.1) is 0 Å². The van der Waals surface area contributed by atoms with Gasteiger partial charge in [0.15, 0.2) is 0 Å². The first kappa shape index (κ1) is 16.5. The van der Waals surface area contributed by atoms with E-state index in [1.165, 1.54) is 11.1 Å². The molecule has 1 N–H and O–H groups in total. The first-order valence-corrected chi connectivity index (χ1v) is 9.00. The largest absolute Gasteiger partial charge is 0.508 e. The van der Waals surface area contributed by atoms with E-state index < -0.39 is 0 Å². The molecule has 1 unspecified atom stereocenters. The number of benzene rings is 3. The Kier molecular flexibility index (Phi) is 4.29. The van der Waals surface area contributed by atoms with Gasteiger partial charge in [-0.05, 0) is 36.6 Å². The lowest BCUT2D eigenvalue weighted by Gasteiger charge is -2.30. The van der Waals surface area contributed by atoms with Crippen molar-refractivity contribution >= 4 is 0 Å². The quantitative estimate of drug-likeness (QED) is 0.509. The standard InChI is InChI=1S/C23H22O3/c1-3-12-25-17-9-11-20-22(14-17)26-21-13-16(24)8-10-19(21)23(20)18-7-5-4-6-15(18)2/h4-11,13-14,23-24H,3,12H2,1-2H3. The lowest BCUT2D eigenvalue weighted by molar-refractivity contribution is 0.315. The lowest BCUT2D eigenvalue weighted by Crippen LogP contribution is -2.13. The Balaban J connectivity index is 1.87. The van der Waals surface area contributed by atoms with Gasteiger partial charge in [-0.1, -0.05) is 43.3 Å². The van der Waals surface area contributed by atoms with Crippen LogP contribution in [0.3, 0.4) is 0 Å². The summed E-state index contributed by atoms with van der Waals surface area (Å²) < 4.78 is 11.9. The molecule has 1 heterocycles. The highest BCUT2D eigenvalue weighted by molar-refractivity contribution is 5.61. The Hall–Kier alpha value is -2.94. The molecule has 1 atom stereocenters. The van der Waals surface area contributed by atoms with E-state index in [4.69, 9.17) is 9.47 Å². The van der Waals surface area contributed by atoms with Crippen molar-refractivity contribution in [2.75, 3.05) is 6.61 Å². The van der Waals surface area contributed by atoms with Crippen molar-refractivity contribution < 1.29 is 14.6 Å². The molecule has 0 spiro atoms. The molecule has 3 aromatic rings. The third kappa shape index (κ3) is 2.90. The third-order valence-electron chi connectivity index (χ3n) is 4.80. The van der Waals surface area contributed by atoms with Crippen molar-refractivity contribution in [3.8, 4) is 23.0 Å². The summed E-state index contributed by atoms with van der Waals surface area (Å²) in [5.74, 6) is 2.55. The molecule has 0 fully saturated rings. The number of phenolic OH excluding ortho intramolecular Hbond substituents is 1. The lowest BCUT2D eigenvalue weighted by atomic mass is 9.81. The smallest absolute Gasteiger partial charge is 0.135 e. The van der Waals surface area contributed by atoms with Gasteiger partial charge in [0, 0.05) is 29.2 Å². The molecule has 1 aliphatic heterocycles. The molecular formula is C23H22O3. The van der Waals surface area contributed by atoms with Crippen molar-refractivity contribution in [3.63, 3.8) is 0 Å². The fourth-order valence-corrected chi connectivity index (χ4v) is 3.53. The number of aryl methyl sites for hydroxylation is 1. The van der Waals surface area contributed by atoms with Gasteiger partial charge >= 0.3 is 0 Å². The van der Waals surface area contributed by atoms with Crippen molar-refractivity contribution in [3.05, 3.63) is 82.9 Å². The number of rotatable bonds is 4. The molecule has 132 valence electrons. The highest BCUT2D eigenvalue weighted by Gasteiger charge is 2.30. The second kappa shape index (κ2) is 6.75. The number of aromatic hydroxyl groups is 1. The summed E-state index contributed by atoms with van der Waals surface area (Å²) in [7, 11) is 0. The predicted molar refractivity (Wildman–Crippen MR) is 103 cm³/mol. The van der Waals surface area contributed by atoms with Crippen LogP contribution in [-0.4, -0.2) is 11.7 Å². The maximum absolute atomic E-state index is 9.91. The number of fused-ring (bicyclic) bond motifs is 2. The van der Waals surface area contributed by atoms with Crippen LogP contribution in [-0.2, 0) is 0 Å². The zero-order valence-corrected chi connectivity index (χ0v) is 15.0. The van der Waals surface area contributed by atoms with Crippen LogP contribution in [0.1, 0.15) is 41.5 Å². The molecule has 1 aliphatic rings. The average molecular weight is 346 g/mol. The molecule has 0 radical (unpaired) electrons. The molecule has 3 nitrogen and oxygen atoms in total. The fourth-order valence-electron chi connectivity index (χ4n) is 3.53. The summed E-state index contributed by atoms with van der Waals surface area (Å²) in [6.07, 6.45) is 0.959. The second-order valence-electron chi connectivity index (χ2n) is 6.66. The van der Waals surface area contributed by atoms with Gasteiger partial charge in [0.05, 0.1) is 6.61 Å². The zero-order valence-electron chi connectivity index (χ0n) is 15.0. The number of hydrogen-bond donors (Lipinski definition) is 1. The van der Waals surface area contributed by atoms with E-state index in [1.807, 2.05) is 18.2 Å². The third-order valence-corrected chi connectivity index (χ3v) is 4.80. The second-order valence-corrected chi connectivity index (χ2v) is 6.66. The van der Waals surface area contributed by atoms with E-state index in [1.54, 1.807) is 12.1 Å². The van der Waals surface area contributed by atoms with E-state index in [2.05, 4.69) is 44.2 Å². The van der Waals surface area contributed by atoms with Crippen LogP contribution in [0.4, 0.5) is 0 Å². The zero-order chi connectivity index (χ0) is 18.1. The minimum absolute atomic E-state index is 0.0655.